The number of pyridine rings is 1. The van der Waals surface area contributed by atoms with Crippen LogP contribution < -0.4 is 5.32 Å². The Morgan fingerprint density at radius 2 is 1.62 bits per heavy atom. The van der Waals surface area contributed by atoms with Crippen LogP contribution in [0, 0.1) is 0 Å². The van der Waals surface area contributed by atoms with Crippen molar-refractivity contribution in [2.45, 2.75) is 0 Å². The average molecular weight is 272 g/mol. The molecular weight excluding hydrogens is 260 g/mol. The van der Waals surface area contributed by atoms with Crippen molar-refractivity contribution in [1.29, 1.82) is 0 Å². The van der Waals surface area contributed by atoms with Gasteiger partial charge in [0.15, 0.2) is 0 Å². The number of nitrogens with zero attached hydrogens (tertiary/aromatic N) is 1. The number of aromatic nitrogens is 1. The molecule has 0 spiro atoms. The molecule has 3 nitrogen and oxygen atoms in total. The van der Waals surface area contributed by atoms with Gasteiger partial charge in [-0.05, 0) is 24.3 Å². The molecule has 2 aromatic carbocycles. The number of carbonyl (C=O) groups excluding carboxylic acids is 1. The lowest BCUT2D eigenvalue weighted by atomic mass is 10.1. The van der Waals surface area contributed by atoms with Gasteiger partial charge in [0.05, 0.1) is 16.9 Å². The van der Waals surface area contributed by atoms with E-state index in [0.29, 0.717) is 5.56 Å². The fourth-order valence-electron chi connectivity index (χ4n) is 2.60. The summed E-state index contributed by atoms with van der Waals surface area (Å²) in [4.78, 5) is 16.5. The topological polar surface area (TPSA) is 42.0 Å². The third-order valence-electron chi connectivity index (χ3n) is 3.62. The molecule has 0 unspecified atom stereocenters. The predicted molar refractivity (Wildman–Crippen MR) is 83.5 cm³/mol. The summed E-state index contributed by atoms with van der Waals surface area (Å²) in [6, 6.07) is 19.6. The maximum absolute atomic E-state index is 11.9. The molecule has 0 aliphatic carbocycles. The van der Waals surface area contributed by atoms with Gasteiger partial charge in [0, 0.05) is 16.5 Å². The normalized spacial score (nSPS) is 15.2. The van der Waals surface area contributed by atoms with Gasteiger partial charge in [-0.1, -0.05) is 42.5 Å². The van der Waals surface area contributed by atoms with E-state index in [2.05, 4.69) is 10.3 Å². The third kappa shape index (κ3) is 1.99. The van der Waals surface area contributed by atoms with Crippen LogP contribution in [0.25, 0.3) is 22.7 Å². The van der Waals surface area contributed by atoms with Gasteiger partial charge in [-0.15, -0.1) is 0 Å². The van der Waals surface area contributed by atoms with E-state index >= 15 is 0 Å². The lowest BCUT2D eigenvalue weighted by molar-refractivity contribution is 0.0981. The Balaban J connectivity index is 1.82. The summed E-state index contributed by atoms with van der Waals surface area (Å²) in [6.07, 6.45) is 1.91. The summed E-state index contributed by atoms with van der Waals surface area (Å²) in [7, 11) is 0. The highest BCUT2D eigenvalue weighted by Gasteiger charge is 2.22. The molecule has 1 aliphatic heterocycles. The highest BCUT2D eigenvalue weighted by molar-refractivity contribution is 6.11. The number of para-hydroxylation sites is 1. The van der Waals surface area contributed by atoms with Gasteiger partial charge < -0.3 is 5.32 Å². The molecule has 0 radical (unpaired) electrons. The Labute approximate surface area is 122 Å². The molecule has 3 aromatic rings. The fraction of sp³-hybridized carbons (Fsp3) is 0. The molecule has 0 atom stereocenters. The number of hydrogen-bond acceptors (Lipinski definition) is 2. The monoisotopic (exact) mass is 272 g/mol. The molecule has 4 rings (SSSR count). The first-order valence-corrected chi connectivity index (χ1v) is 6.79. The number of rotatable bonds is 1. The van der Waals surface area contributed by atoms with Crippen molar-refractivity contribution < 1.29 is 4.79 Å². The second-order valence-corrected chi connectivity index (χ2v) is 4.99. The summed E-state index contributed by atoms with van der Waals surface area (Å²) in [5.74, 6) is -0.0577. The molecule has 1 aliphatic rings. The van der Waals surface area contributed by atoms with E-state index in [0.717, 1.165) is 27.9 Å². The number of amides is 1. The van der Waals surface area contributed by atoms with Crippen molar-refractivity contribution in [2.75, 3.05) is 0 Å². The summed E-state index contributed by atoms with van der Waals surface area (Å²) >= 11 is 0. The Kier molecular flexibility index (Phi) is 2.57. The van der Waals surface area contributed by atoms with Gasteiger partial charge in [0.25, 0.3) is 5.91 Å². The Morgan fingerprint density at radius 1 is 0.857 bits per heavy atom. The van der Waals surface area contributed by atoms with Crippen LogP contribution in [0.15, 0.2) is 60.7 Å². The van der Waals surface area contributed by atoms with E-state index in [1.165, 1.54) is 0 Å². The number of carbonyl (C=O) groups is 1. The summed E-state index contributed by atoms with van der Waals surface area (Å²) in [6.45, 7) is 0. The van der Waals surface area contributed by atoms with Crippen LogP contribution in [0.5, 0.6) is 0 Å². The van der Waals surface area contributed by atoms with Crippen molar-refractivity contribution in [1.82, 2.24) is 10.3 Å². The smallest absolute Gasteiger partial charge is 0.256 e. The second-order valence-electron chi connectivity index (χ2n) is 4.99. The van der Waals surface area contributed by atoms with Gasteiger partial charge in [0.1, 0.15) is 0 Å². The largest absolute Gasteiger partial charge is 0.321 e. The van der Waals surface area contributed by atoms with Crippen molar-refractivity contribution in [3.63, 3.8) is 0 Å². The van der Waals surface area contributed by atoms with Gasteiger partial charge >= 0.3 is 0 Å². The fourth-order valence-corrected chi connectivity index (χ4v) is 2.60. The highest BCUT2D eigenvalue weighted by Crippen LogP contribution is 2.25. The predicted octanol–water partition coefficient (Wildman–Crippen LogP) is 3.48. The SMILES string of the molecule is O=C1N/C(=C/c2ccc3ccccc3n2)c2ccccc21. The van der Waals surface area contributed by atoms with Crippen molar-refractivity contribution in [3.8, 4) is 0 Å². The molecular formula is C18H12N2O. The summed E-state index contributed by atoms with van der Waals surface area (Å²) in [5.41, 5.74) is 4.23. The Bertz CT molecular complexity index is 896. The quantitative estimate of drug-likeness (QED) is 0.737. The van der Waals surface area contributed by atoms with Crippen LogP contribution in [-0.2, 0) is 0 Å². The maximum Gasteiger partial charge on any atom is 0.256 e. The van der Waals surface area contributed by atoms with Crippen molar-refractivity contribution in [3.05, 3.63) is 77.5 Å². The number of hydrogen-bond donors (Lipinski definition) is 1. The van der Waals surface area contributed by atoms with Crippen LogP contribution in [-0.4, -0.2) is 10.9 Å². The second kappa shape index (κ2) is 4.56. The zero-order chi connectivity index (χ0) is 14.2. The molecule has 0 saturated carbocycles. The van der Waals surface area contributed by atoms with E-state index in [4.69, 9.17) is 0 Å². The van der Waals surface area contributed by atoms with Crippen molar-refractivity contribution in [2.24, 2.45) is 0 Å². The minimum atomic E-state index is -0.0577. The van der Waals surface area contributed by atoms with E-state index in [-0.39, 0.29) is 5.91 Å². The van der Waals surface area contributed by atoms with E-state index in [1.807, 2.05) is 66.7 Å². The van der Waals surface area contributed by atoms with E-state index in [1.54, 1.807) is 0 Å². The zero-order valence-corrected chi connectivity index (χ0v) is 11.2. The van der Waals surface area contributed by atoms with Crippen LogP contribution in [0.4, 0.5) is 0 Å². The summed E-state index contributed by atoms with van der Waals surface area (Å²) < 4.78 is 0. The Morgan fingerprint density at radius 3 is 2.52 bits per heavy atom. The first-order valence-electron chi connectivity index (χ1n) is 6.79. The minimum Gasteiger partial charge on any atom is -0.321 e. The molecule has 3 heteroatoms. The maximum atomic E-state index is 11.9. The number of benzene rings is 2. The molecule has 21 heavy (non-hydrogen) atoms. The summed E-state index contributed by atoms with van der Waals surface area (Å²) in [5, 5.41) is 4.00. The molecule has 1 amide bonds. The van der Waals surface area contributed by atoms with Crippen LogP contribution >= 0.6 is 0 Å². The lowest BCUT2D eigenvalue weighted by Gasteiger charge is -2.02. The van der Waals surface area contributed by atoms with Gasteiger partial charge in [-0.25, -0.2) is 4.98 Å². The zero-order valence-electron chi connectivity index (χ0n) is 11.2. The molecule has 1 N–H and O–H groups in total. The molecule has 0 bridgehead atoms. The molecule has 0 saturated heterocycles. The molecule has 100 valence electrons. The van der Waals surface area contributed by atoms with Gasteiger partial charge in [-0.2, -0.15) is 0 Å². The van der Waals surface area contributed by atoms with Crippen LogP contribution in [0.3, 0.4) is 0 Å². The van der Waals surface area contributed by atoms with Crippen LogP contribution in [0.1, 0.15) is 21.6 Å². The molecule has 2 heterocycles. The van der Waals surface area contributed by atoms with E-state index in [9.17, 15) is 4.79 Å². The standard InChI is InChI=1S/C18H12N2O/c21-18-15-7-3-2-6-14(15)17(20-18)11-13-10-9-12-5-1-4-8-16(12)19-13/h1-11H,(H,20,21)/b17-11+. The van der Waals surface area contributed by atoms with Crippen LogP contribution in [0.2, 0.25) is 0 Å². The van der Waals surface area contributed by atoms with Gasteiger partial charge in [-0.3, -0.25) is 4.79 Å². The average Bonchev–Trinajstić information content (AvgIpc) is 2.84. The number of fused-ring (bicyclic) bond motifs is 2. The molecule has 1 aromatic heterocycles. The van der Waals surface area contributed by atoms with Crippen molar-refractivity contribution >= 4 is 28.6 Å². The highest BCUT2D eigenvalue weighted by atomic mass is 16.1. The lowest BCUT2D eigenvalue weighted by Crippen LogP contribution is -2.11. The Hall–Kier alpha value is -2.94. The van der Waals surface area contributed by atoms with Gasteiger partial charge in [0.2, 0.25) is 0 Å². The first kappa shape index (κ1) is 11.9. The number of nitrogens with one attached hydrogen (secondary N) is 1. The first-order chi connectivity index (χ1) is 10.3. The molecule has 0 fully saturated rings. The minimum absolute atomic E-state index is 0.0577. The third-order valence-corrected chi connectivity index (χ3v) is 3.62. The van der Waals surface area contributed by atoms with E-state index < -0.39 is 0 Å².